The molecular weight excluding hydrogens is 349 g/mol. The van der Waals surface area contributed by atoms with Crippen LogP contribution in [0.15, 0.2) is 36.5 Å². The van der Waals surface area contributed by atoms with Crippen LogP contribution in [0.3, 0.4) is 0 Å². The first-order chi connectivity index (χ1) is 9.20. The third-order valence-electron chi connectivity index (χ3n) is 3.10. The summed E-state index contributed by atoms with van der Waals surface area (Å²) >= 11 is 2.41. The Balaban J connectivity index is 2.18. The largest absolute Gasteiger partial charge is 0.310 e. The number of hydrogen-bond acceptors (Lipinski definition) is 2. The van der Waals surface area contributed by atoms with E-state index in [1.807, 2.05) is 17.9 Å². The molecule has 0 saturated heterocycles. The summed E-state index contributed by atoms with van der Waals surface area (Å²) in [6, 6.07) is 11.0. The lowest BCUT2D eigenvalue weighted by Crippen LogP contribution is -2.25. The van der Waals surface area contributed by atoms with E-state index in [2.05, 4.69) is 70.3 Å². The van der Waals surface area contributed by atoms with Crippen molar-refractivity contribution in [2.75, 3.05) is 6.54 Å². The van der Waals surface area contributed by atoms with Crippen LogP contribution in [0.2, 0.25) is 0 Å². The smallest absolute Gasteiger partial charge is 0.0643 e. The highest BCUT2D eigenvalue weighted by molar-refractivity contribution is 14.1. The molecule has 1 N–H and O–H groups in total. The SMILES string of the molecule is CCCNC(Cc1ccn(C)n1)c1ccccc1I. The summed E-state index contributed by atoms with van der Waals surface area (Å²) in [5.74, 6) is 0. The van der Waals surface area contributed by atoms with Crippen LogP contribution in [0.4, 0.5) is 0 Å². The topological polar surface area (TPSA) is 29.9 Å². The van der Waals surface area contributed by atoms with Crippen molar-refractivity contribution in [3.8, 4) is 0 Å². The molecule has 0 aliphatic rings. The van der Waals surface area contributed by atoms with E-state index in [9.17, 15) is 0 Å². The fraction of sp³-hybridized carbons (Fsp3) is 0.400. The van der Waals surface area contributed by atoms with Gasteiger partial charge in [0, 0.05) is 29.3 Å². The quantitative estimate of drug-likeness (QED) is 0.792. The molecule has 2 aromatic rings. The standard InChI is InChI=1S/C15H20IN3/c1-3-9-17-15(11-12-8-10-19(2)18-12)13-6-4-5-7-14(13)16/h4-8,10,15,17H,3,9,11H2,1-2H3. The number of aromatic nitrogens is 2. The van der Waals surface area contributed by atoms with Gasteiger partial charge in [-0.2, -0.15) is 5.10 Å². The monoisotopic (exact) mass is 369 g/mol. The molecule has 4 heteroatoms. The molecule has 19 heavy (non-hydrogen) atoms. The minimum atomic E-state index is 0.336. The van der Waals surface area contributed by atoms with Gasteiger partial charge in [-0.15, -0.1) is 0 Å². The van der Waals surface area contributed by atoms with Gasteiger partial charge in [-0.25, -0.2) is 0 Å². The number of rotatable bonds is 6. The van der Waals surface area contributed by atoms with Crippen molar-refractivity contribution in [3.05, 3.63) is 51.4 Å². The number of nitrogens with zero attached hydrogens (tertiary/aromatic N) is 2. The Morgan fingerprint density at radius 3 is 2.74 bits per heavy atom. The zero-order chi connectivity index (χ0) is 13.7. The second kappa shape index (κ2) is 7.05. The van der Waals surface area contributed by atoms with Crippen molar-refractivity contribution in [2.24, 2.45) is 7.05 Å². The predicted molar refractivity (Wildman–Crippen MR) is 87.1 cm³/mol. The van der Waals surface area contributed by atoms with Crippen LogP contribution in [-0.4, -0.2) is 16.3 Å². The summed E-state index contributed by atoms with van der Waals surface area (Å²) in [4.78, 5) is 0. The molecule has 1 unspecified atom stereocenters. The highest BCUT2D eigenvalue weighted by atomic mass is 127. The highest BCUT2D eigenvalue weighted by Gasteiger charge is 2.15. The van der Waals surface area contributed by atoms with E-state index >= 15 is 0 Å². The molecule has 0 amide bonds. The first kappa shape index (κ1) is 14.5. The molecular formula is C15H20IN3. The molecule has 1 heterocycles. The van der Waals surface area contributed by atoms with Gasteiger partial charge >= 0.3 is 0 Å². The predicted octanol–water partition coefficient (Wildman–Crippen LogP) is 3.31. The van der Waals surface area contributed by atoms with E-state index in [4.69, 9.17) is 0 Å². The van der Waals surface area contributed by atoms with E-state index in [1.165, 1.54) is 9.13 Å². The molecule has 0 aliphatic heterocycles. The van der Waals surface area contributed by atoms with Gasteiger partial charge in [0.1, 0.15) is 0 Å². The van der Waals surface area contributed by atoms with Crippen molar-refractivity contribution in [1.29, 1.82) is 0 Å². The third-order valence-corrected chi connectivity index (χ3v) is 4.09. The second-order valence-corrected chi connectivity index (χ2v) is 5.88. The van der Waals surface area contributed by atoms with Gasteiger partial charge in [-0.05, 0) is 53.3 Å². The zero-order valence-electron chi connectivity index (χ0n) is 11.4. The van der Waals surface area contributed by atoms with E-state index in [0.29, 0.717) is 6.04 Å². The Labute approximate surface area is 128 Å². The van der Waals surface area contributed by atoms with Crippen molar-refractivity contribution in [1.82, 2.24) is 15.1 Å². The van der Waals surface area contributed by atoms with E-state index < -0.39 is 0 Å². The van der Waals surface area contributed by atoms with Gasteiger partial charge in [0.15, 0.2) is 0 Å². The van der Waals surface area contributed by atoms with E-state index in [-0.39, 0.29) is 0 Å². The summed E-state index contributed by atoms with van der Waals surface area (Å²) in [5.41, 5.74) is 2.50. The summed E-state index contributed by atoms with van der Waals surface area (Å²) in [5, 5.41) is 8.12. The molecule has 1 aromatic heterocycles. The van der Waals surface area contributed by atoms with Crippen LogP contribution in [0.1, 0.15) is 30.6 Å². The number of benzene rings is 1. The highest BCUT2D eigenvalue weighted by Crippen LogP contribution is 2.22. The molecule has 0 spiro atoms. The number of halogens is 1. The first-order valence-corrected chi connectivity index (χ1v) is 7.75. The number of hydrogen-bond donors (Lipinski definition) is 1. The van der Waals surface area contributed by atoms with Crippen LogP contribution >= 0.6 is 22.6 Å². The molecule has 0 saturated carbocycles. The van der Waals surface area contributed by atoms with E-state index in [0.717, 1.165) is 25.1 Å². The maximum Gasteiger partial charge on any atom is 0.0643 e. The van der Waals surface area contributed by atoms with E-state index in [1.54, 1.807) is 0 Å². The summed E-state index contributed by atoms with van der Waals surface area (Å²) in [6.45, 7) is 3.23. The lowest BCUT2D eigenvalue weighted by atomic mass is 10.0. The fourth-order valence-corrected chi connectivity index (χ4v) is 2.91. The fourth-order valence-electron chi connectivity index (χ4n) is 2.15. The van der Waals surface area contributed by atoms with Crippen LogP contribution in [0.5, 0.6) is 0 Å². The average molecular weight is 369 g/mol. The lowest BCUT2D eigenvalue weighted by Gasteiger charge is -2.19. The van der Waals surface area contributed by atoms with Crippen molar-refractivity contribution in [3.63, 3.8) is 0 Å². The Morgan fingerprint density at radius 2 is 2.11 bits per heavy atom. The summed E-state index contributed by atoms with van der Waals surface area (Å²) in [7, 11) is 1.96. The number of nitrogens with one attached hydrogen (secondary N) is 1. The second-order valence-electron chi connectivity index (χ2n) is 4.71. The van der Waals surface area contributed by atoms with Crippen molar-refractivity contribution < 1.29 is 0 Å². The zero-order valence-corrected chi connectivity index (χ0v) is 13.6. The van der Waals surface area contributed by atoms with Crippen LogP contribution in [-0.2, 0) is 13.5 Å². The molecule has 0 bridgehead atoms. The molecule has 0 aliphatic carbocycles. The van der Waals surface area contributed by atoms with Crippen molar-refractivity contribution in [2.45, 2.75) is 25.8 Å². The van der Waals surface area contributed by atoms with Crippen LogP contribution in [0.25, 0.3) is 0 Å². The normalized spacial score (nSPS) is 12.6. The van der Waals surface area contributed by atoms with Crippen LogP contribution < -0.4 is 5.32 Å². The Bertz CT molecular complexity index is 522. The molecule has 0 radical (unpaired) electrons. The van der Waals surface area contributed by atoms with Gasteiger partial charge in [-0.3, -0.25) is 4.68 Å². The summed E-state index contributed by atoms with van der Waals surface area (Å²) in [6.07, 6.45) is 4.07. The minimum Gasteiger partial charge on any atom is -0.310 e. The molecule has 0 fully saturated rings. The molecule has 3 nitrogen and oxygen atoms in total. The maximum absolute atomic E-state index is 4.49. The first-order valence-electron chi connectivity index (χ1n) is 6.67. The maximum atomic E-state index is 4.49. The average Bonchev–Trinajstić information content (AvgIpc) is 2.81. The van der Waals surface area contributed by atoms with Gasteiger partial charge in [0.2, 0.25) is 0 Å². The molecule has 1 atom stereocenters. The molecule has 102 valence electrons. The van der Waals surface area contributed by atoms with Gasteiger partial charge in [0.25, 0.3) is 0 Å². The Kier molecular flexibility index (Phi) is 5.39. The Hall–Kier alpha value is -0.880. The molecule has 2 rings (SSSR count). The Morgan fingerprint density at radius 1 is 1.32 bits per heavy atom. The van der Waals surface area contributed by atoms with Gasteiger partial charge in [-0.1, -0.05) is 25.1 Å². The third kappa shape index (κ3) is 4.04. The minimum absolute atomic E-state index is 0.336. The van der Waals surface area contributed by atoms with Crippen molar-refractivity contribution >= 4 is 22.6 Å². The summed E-state index contributed by atoms with van der Waals surface area (Å²) < 4.78 is 3.17. The molecule has 1 aromatic carbocycles. The number of aryl methyl sites for hydroxylation is 1. The van der Waals surface area contributed by atoms with Gasteiger partial charge in [0.05, 0.1) is 5.69 Å². The van der Waals surface area contributed by atoms with Crippen LogP contribution in [0, 0.1) is 3.57 Å². The lowest BCUT2D eigenvalue weighted by molar-refractivity contribution is 0.519. The van der Waals surface area contributed by atoms with Gasteiger partial charge < -0.3 is 5.32 Å².